The quantitative estimate of drug-likeness (QED) is 0.408. The van der Waals surface area contributed by atoms with Gasteiger partial charge in [0.1, 0.15) is 0 Å². The highest BCUT2D eigenvalue weighted by Crippen LogP contribution is 2.08. The fraction of sp³-hybridized carbons (Fsp3) is 0.250. The molecule has 0 bridgehead atoms. The normalized spacial score (nSPS) is 12.0. The molecule has 0 amide bonds. The minimum atomic E-state index is -3.64. The van der Waals surface area contributed by atoms with Crippen LogP contribution in [0.1, 0.15) is 5.56 Å². The molecule has 1 aromatic rings. The summed E-state index contributed by atoms with van der Waals surface area (Å²) < 4.78 is 22.2. The van der Waals surface area contributed by atoms with Crippen molar-refractivity contribution in [3.8, 4) is 0 Å². The molecule has 4 N–H and O–H groups in total. The van der Waals surface area contributed by atoms with Gasteiger partial charge in [-0.1, -0.05) is 18.2 Å². The van der Waals surface area contributed by atoms with Crippen LogP contribution in [0, 0.1) is 0 Å². The second-order valence-corrected chi connectivity index (χ2v) is 5.35. The van der Waals surface area contributed by atoms with Gasteiger partial charge in [0.05, 0.1) is 4.90 Å². The molecule has 104 valence electrons. The Labute approximate surface area is 113 Å². The van der Waals surface area contributed by atoms with E-state index >= 15 is 0 Å². The third-order valence-corrected chi connectivity index (χ3v) is 3.28. The molecule has 0 aliphatic rings. The lowest BCUT2D eigenvalue weighted by atomic mass is 10.2. The Balaban J connectivity index is 2.61. The minimum Gasteiger partial charge on any atom is -0.353 e. The van der Waals surface area contributed by atoms with Crippen molar-refractivity contribution in [3.05, 3.63) is 42.5 Å². The van der Waals surface area contributed by atoms with Gasteiger partial charge in [-0.3, -0.25) is 4.99 Å². The van der Waals surface area contributed by atoms with Crippen LogP contribution in [0.4, 0.5) is 0 Å². The molecule has 0 aliphatic heterocycles. The van der Waals surface area contributed by atoms with E-state index in [-0.39, 0.29) is 4.90 Å². The van der Waals surface area contributed by atoms with E-state index < -0.39 is 10.0 Å². The molecule has 0 fully saturated rings. The summed E-state index contributed by atoms with van der Waals surface area (Å²) in [6.45, 7) is 4.75. The van der Waals surface area contributed by atoms with Crippen LogP contribution in [0.5, 0.6) is 0 Å². The summed E-state index contributed by atoms with van der Waals surface area (Å²) in [5, 5.41) is 11.1. The van der Waals surface area contributed by atoms with Crippen LogP contribution >= 0.6 is 0 Å². The van der Waals surface area contributed by atoms with Crippen molar-refractivity contribution in [1.82, 2.24) is 10.6 Å². The van der Waals surface area contributed by atoms with Crippen molar-refractivity contribution in [2.45, 2.75) is 11.4 Å². The fourth-order valence-electron chi connectivity index (χ4n) is 1.37. The summed E-state index contributed by atoms with van der Waals surface area (Å²) >= 11 is 0. The Kier molecular flexibility index (Phi) is 5.53. The van der Waals surface area contributed by atoms with Gasteiger partial charge in [-0.25, -0.2) is 13.6 Å². The molecule has 0 saturated carbocycles. The number of guanidine groups is 1. The summed E-state index contributed by atoms with van der Waals surface area (Å²) in [4.78, 5) is 4.13. The van der Waals surface area contributed by atoms with Crippen LogP contribution in [-0.4, -0.2) is 28.0 Å². The first-order chi connectivity index (χ1) is 8.97. The summed E-state index contributed by atoms with van der Waals surface area (Å²) in [5.74, 6) is 0.649. The maximum absolute atomic E-state index is 11.1. The van der Waals surface area contributed by atoms with E-state index in [9.17, 15) is 8.42 Å². The van der Waals surface area contributed by atoms with Gasteiger partial charge < -0.3 is 10.6 Å². The summed E-state index contributed by atoms with van der Waals surface area (Å²) in [5.41, 5.74) is 0.925. The Bertz CT molecular complexity index is 550. The van der Waals surface area contributed by atoms with Crippen molar-refractivity contribution in [3.63, 3.8) is 0 Å². The number of aliphatic imine (C=N–C) groups is 1. The first kappa shape index (κ1) is 15.2. The third-order valence-electron chi connectivity index (χ3n) is 2.35. The molecule has 0 saturated heterocycles. The zero-order valence-corrected chi connectivity index (χ0v) is 11.6. The number of nitrogens with one attached hydrogen (secondary N) is 2. The van der Waals surface area contributed by atoms with Crippen molar-refractivity contribution >= 4 is 16.0 Å². The molecule has 7 heteroatoms. The Morgan fingerprint density at radius 2 is 2.00 bits per heavy atom. The lowest BCUT2D eigenvalue weighted by molar-refractivity contribution is 0.597. The van der Waals surface area contributed by atoms with E-state index in [0.29, 0.717) is 19.0 Å². The van der Waals surface area contributed by atoms with E-state index in [2.05, 4.69) is 22.2 Å². The predicted molar refractivity (Wildman–Crippen MR) is 76.2 cm³/mol. The van der Waals surface area contributed by atoms with Crippen LogP contribution in [0.2, 0.25) is 0 Å². The Hall–Kier alpha value is -1.86. The fourth-order valence-corrected chi connectivity index (χ4v) is 1.89. The van der Waals surface area contributed by atoms with Gasteiger partial charge in [-0.2, -0.15) is 0 Å². The SMILES string of the molecule is C=CCNC(=NC)NCc1ccc(S(N)(=O)=O)cc1. The van der Waals surface area contributed by atoms with Crippen LogP contribution in [-0.2, 0) is 16.6 Å². The van der Waals surface area contributed by atoms with Crippen molar-refractivity contribution in [2.24, 2.45) is 10.1 Å². The summed E-state index contributed by atoms with van der Waals surface area (Å²) in [6.07, 6.45) is 1.73. The molecule has 1 rings (SSSR count). The maximum Gasteiger partial charge on any atom is 0.238 e. The molecule has 0 heterocycles. The largest absolute Gasteiger partial charge is 0.353 e. The second kappa shape index (κ2) is 6.91. The number of nitrogens with two attached hydrogens (primary N) is 1. The molecular weight excluding hydrogens is 264 g/mol. The number of sulfonamides is 1. The number of hydrogen-bond acceptors (Lipinski definition) is 3. The van der Waals surface area contributed by atoms with Gasteiger partial charge in [0, 0.05) is 20.1 Å². The molecule has 0 radical (unpaired) electrons. The Morgan fingerprint density at radius 1 is 1.37 bits per heavy atom. The molecule has 19 heavy (non-hydrogen) atoms. The van der Waals surface area contributed by atoms with Gasteiger partial charge in [-0.05, 0) is 17.7 Å². The van der Waals surface area contributed by atoms with Crippen LogP contribution in [0.15, 0.2) is 46.8 Å². The van der Waals surface area contributed by atoms with Gasteiger partial charge in [-0.15, -0.1) is 6.58 Å². The molecule has 0 unspecified atom stereocenters. The van der Waals surface area contributed by atoms with E-state index in [1.54, 1.807) is 25.3 Å². The summed E-state index contributed by atoms with van der Waals surface area (Å²) in [6, 6.07) is 6.36. The number of rotatable bonds is 5. The number of hydrogen-bond donors (Lipinski definition) is 3. The molecule has 6 nitrogen and oxygen atoms in total. The number of primary sulfonamides is 1. The molecule has 0 atom stereocenters. The van der Waals surface area contributed by atoms with Crippen LogP contribution in [0.25, 0.3) is 0 Å². The molecule has 0 aliphatic carbocycles. The van der Waals surface area contributed by atoms with Gasteiger partial charge in [0.2, 0.25) is 10.0 Å². The van der Waals surface area contributed by atoms with Gasteiger partial charge in [0.15, 0.2) is 5.96 Å². The third kappa shape index (κ3) is 5.11. The van der Waals surface area contributed by atoms with Crippen molar-refractivity contribution in [2.75, 3.05) is 13.6 Å². The average Bonchev–Trinajstić information content (AvgIpc) is 2.38. The van der Waals surface area contributed by atoms with E-state index in [1.165, 1.54) is 12.1 Å². The van der Waals surface area contributed by atoms with Crippen molar-refractivity contribution < 1.29 is 8.42 Å². The number of nitrogens with zero attached hydrogens (tertiary/aromatic N) is 1. The van der Waals surface area contributed by atoms with Crippen molar-refractivity contribution in [1.29, 1.82) is 0 Å². The Morgan fingerprint density at radius 3 is 2.47 bits per heavy atom. The minimum absolute atomic E-state index is 0.102. The highest BCUT2D eigenvalue weighted by atomic mass is 32.2. The zero-order valence-electron chi connectivity index (χ0n) is 10.8. The van der Waals surface area contributed by atoms with Gasteiger partial charge >= 0.3 is 0 Å². The first-order valence-corrected chi connectivity index (χ1v) is 7.19. The highest BCUT2D eigenvalue weighted by molar-refractivity contribution is 7.89. The standard InChI is InChI=1S/C12H18N4O2S/c1-3-8-15-12(14-2)16-9-10-4-6-11(7-5-10)19(13,17)18/h3-7H,1,8-9H2,2H3,(H2,13,17,18)(H2,14,15,16). The van der Waals surface area contributed by atoms with E-state index in [4.69, 9.17) is 5.14 Å². The molecule has 0 spiro atoms. The molecule has 0 aromatic heterocycles. The van der Waals surface area contributed by atoms with Gasteiger partial charge in [0.25, 0.3) is 0 Å². The maximum atomic E-state index is 11.1. The predicted octanol–water partition coefficient (Wildman–Crippen LogP) is 0.185. The first-order valence-electron chi connectivity index (χ1n) is 5.64. The molecule has 1 aromatic carbocycles. The lowest BCUT2D eigenvalue weighted by Gasteiger charge is -2.10. The second-order valence-electron chi connectivity index (χ2n) is 3.78. The smallest absolute Gasteiger partial charge is 0.238 e. The number of benzene rings is 1. The van der Waals surface area contributed by atoms with E-state index in [1.807, 2.05) is 0 Å². The zero-order chi connectivity index (χ0) is 14.3. The highest BCUT2D eigenvalue weighted by Gasteiger charge is 2.06. The molecular formula is C12H18N4O2S. The monoisotopic (exact) mass is 282 g/mol. The lowest BCUT2D eigenvalue weighted by Crippen LogP contribution is -2.36. The van der Waals surface area contributed by atoms with E-state index in [0.717, 1.165) is 5.56 Å². The van der Waals surface area contributed by atoms with Crippen LogP contribution < -0.4 is 15.8 Å². The average molecular weight is 282 g/mol. The summed E-state index contributed by atoms with van der Waals surface area (Å²) in [7, 11) is -1.97. The van der Waals surface area contributed by atoms with Crippen LogP contribution in [0.3, 0.4) is 0 Å². The topological polar surface area (TPSA) is 96.6 Å².